The second-order valence-electron chi connectivity index (χ2n) is 8.96. The van der Waals surface area contributed by atoms with E-state index in [4.69, 9.17) is 9.47 Å². The van der Waals surface area contributed by atoms with E-state index < -0.39 is 0 Å². The number of guanidine groups is 1. The summed E-state index contributed by atoms with van der Waals surface area (Å²) < 4.78 is 11.5. The lowest BCUT2D eigenvalue weighted by Gasteiger charge is -2.48. The summed E-state index contributed by atoms with van der Waals surface area (Å²) in [5, 5.41) is 7.11. The van der Waals surface area contributed by atoms with E-state index >= 15 is 0 Å². The van der Waals surface area contributed by atoms with Crippen molar-refractivity contribution in [2.75, 3.05) is 67.1 Å². The fourth-order valence-electron chi connectivity index (χ4n) is 4.60. The quantitative estimate of drug-likeness (QED) is 0.276. The molecule has 0 amide bonds. The molecule has 32 heavy (non-hydrogen) atoms. The largest absolute Gasteiger partial charge is 0.492 e. The van der Waals surface area contributed by atoms with E-state index in [0.717, 1.165) is 57.6 Å². The number of hydrogen-bond donors (Lipinski definition) is 2. The van der Waals surface area contributed by atoms with Gasteiger partial charge in [-0.2, -0.15) is 0 Å². The van der Waals surface area contributed by atoms with Crippen molar-refractivity contribution >= 4 is 29.9 Å². The lowest BCUT2D eigenvalue weighted by atomic mass is 9.80. The van der Waals surface area contributed by atoms with Gasteiger partial charge in [0.1, 0.15) is 12.4 Å². The Balaban J connectivity index is 0.00000363. The summed E-state index contributed by atoms with van der Waals surface area (Å²) in [6.07, 6.45) is 6.48. The molecule has 1 aliphatic carbocycles. The summed E-state index contributed by atoms with van der Waals surface area (Å²) in [5.41, 5.74) is 1.41. The third kappa shape index (κ3) is 8.35. The molecule has 1 saturated heterocycles. The van der Waals surface area contributed by atoms with Crippen LogP contribution in [0.4, 0.5) is 0 Å². The van der Waals surface area contributed by atoms with E-state index in [1.165, 1.54) is 37.7 Å². The average molecular weight is 560 g/mol. The lowest BCUT2D eigenvalue weighted by Crippen LogP contribution is -2.60. The van der Waals surface area contributed by atoms with Crippen LogP contribution in [0.2, 0.25) is 0 Å². The van der Waals surface area contributed by atoms with Gasteiger partial charge in [0.05, 0.1) is 13.2 Å². The molecule has 2 N–H and O–H groups in total. The van der Waals surface area contributed by atoms with Crippen LogP contribution in [0, 0.1) is 0 Å². The van der Waals surface area contributed by atoms with Gasteiger partial charge in [0.2, 0.25) is 0 Å². The van der Waals surface area contributed by atoms with Gasteiger partial charge in [-0.15, -0.1) is 24.0 Å². The van der Waals surface area contributed by atoms with Gasteiger partial charge in [0, 0.05) is 45.3 Å². The highest BCUT2D eigenvalue weighted by Gasteiger charge is 2.38. The van der Waals surface area contributed by atoms with Gasteiger partial charge < -0.3 is 25.0 Å². The number of hydrogen-bond acceptors (Lipinski definition) is 5. The van der Waals surface area contributed by atoms with Crippen LogP contribution in [0.25, 0.3) is 0 Å². The van der Waals surface area contributed by atoms with Crippen molar-refractivity contribution in [3.8, 4) is 5.75 Å². The normalized spacial score (nSPS) is 19.3. The Kier molecular flexibility index (Phi) is 12.1. The SMILES string of the molecule is CN=C(NCc1cccc(OCCN(C)C)c1)NCC1(N2CCOCC2)CCCCC1.I. The Morgan fingerprint density at radius 2 is 1.91 bits per heavy atom. The summed E-state index contributed by atoms with van der Waals surface area (Å²) in [6.45, 7) is 7.02. The Labute approximate surface area is 211 Å². The molecule has 1 aromatic rings. The van der Waals surface area contributed by atoms with E-state index in [2.05, 4.69) is 51.7 Å². The Morgan fingerprint density at radius 3 is 2.59 bits per heavy atom. The number of aliphatic imine (C=N–C) groups is 1. The first-order chi connectivity index (χ1) is 15.1. The van der Waals surface area contributed by atoms with Gasteiger partial charge in [-0.25, -0.2) is 0 Å². The van der Waals surface area contributed by atoms with Gasteiger partial charge in [-0.1, -0.05) is 31.4 Å². The minimum atomic E-state index is 0. The van der Waals surface area contributed by atoms with Crippen molar-refractivity contribution in [3.63, 3.8) is 0 Å². The lowest BCUT2D eigenvalue weighted by molar-refractivity contribution is -0.0352. The molecule has 1 aromatic carbocycles. The summed E-state index contributed by atoms with van der Waals surface area (Å²) >= 11 is 0. The van der Waals surface area contributed by atoms with E-state index in [-0.39, 0.29) is 29.5 Å². The molecule has 7 nitrogen and oxygen atoms in total. The van der Waals surface area contributed by atoms with Crippen molar-refractivity contribution in [3.05, 3.63) is 29.8 Å². The molecule has 0 aromatic heterocycles. The van der Waals surface area contributed by atoms with Crippen LogP contribution in [0.1, 0.15) is 37.7 Å². The molecule has 1 heterocycles. The molecule has 8 heteroatoms. The third-order valence-electron chi connectivity index (χ3n) is 6.44. The van der Waals surface area contributed by atoms with Crippen molar-refractivity contribution in [1.82, 2.24) is 20.4 Å². The molecule has 2 aliphatic rings. The van der Waals surface area contributed by atoms with Crippen LogP contribution >= 0.6 is 24.0 Å². The molecule has 3 rings (SSSR count). The molecular formula is C24H42IN5O2. The molecule has 0 unspecified atom stereocenters. The van der Waals surface area contributed by atoms with Gasteiger partial charge in [-0.05, 0) is 44.6 Å². The fourth-order valence-corrected chi connectivity index (χ4v) is 4.60. The Morgan fingerprint density at radius 1 is 1.16 bits per heavy atom. The third-order valence-corrected chi connectivity index (χ3v) is 6.44. The number of nitrogens with one attached hydrogen (secondary N) is 2. The second-order valence-corrected chi connectivity index (χ2v) is 8.96. The predicted molar refractivity (Wildman–Crippen MR) is 142 cm³/mol. The maximum atomic E-state index is 5.87. The summed E-state index contributed by atoms with van der Waals surface area (Å²) in [7, 11) is 5.95. The van der Waals surface area contributed by atoms with Gasteiger partial charge in [0.15, 0.2) is 5.96 Å². The number of morpholine rings is 1. The predicted octanol–water partition coefficient (Wildman–Crippen LogP) is 2.95. The van der Waals surface area contributed by atoms with Crippen LogP contribution in [0.5, 0.6) is 5.75 Å². The zero-order valence-electron chi connectivity index (χ0n) is 20.1. The van der Waals surface area contributed by atoms with E-state index in [9.17, 15) is 0 Å². The van der Waals surface area contributed by atoms with Crippen LogP contribution in [0.15, 0.2) is 29.3 Å². The summed E-state index contributed by atoms with van der Waals surface area (Å²) in [6, 6.07) is 8.29. The van der Waals surface area contributed by atoms with Gasteiger partial charge in [-0.3, -0.25) is 9.89 Å². The number of nitrogens with zero attached hydrogens (tertiary/aromatic N) is 3. The molecule has 0 radical (unpaired) electrons. The van der Waals surface area contributed by atoms with E-state index in [1.54, 1.807) is 0 Å². The van der Waals surface area contributed by atoms with Crippen LogP contribution in [-0.4, -0.2) is 88.4 Å². The molecule has 1 aliphatic heterocycles. The minimum absolute atomic E-state index is 0. The maximum Gasteiger partial charge on any atom is 0.191 e. The van der Waals surface area contributed by atoms with Crippen molar-refractivity contribution in [2.45, 2.75) is 44.2 Å². The number of rotatable bonds is 9. The van der Waals surface area contributed by atoms with Crippen molar-refractivity contribution in [2.24, 2.45) is 4.99 Å². The zero-order chi connectivity index (χ0) is 21.9. The molecular weight excluding hydrogens is 517 g/mol. The fraction of sp³-hybridized carbons (Fsp3) is 0.708. The summed E-state index contributed by atoms with van der Waals surface area (Å²) in [5.74, 6) is 1.77. The topological polar surface area (TPSA) is 61.4 Å². The standard InChI is InChI=1S/C24H41N5O2.HI/c1-25-23(26-19-21-8-7-9-22(18-21)31-17-12-28(2)3)27-20-24(10-5-4-6-11-24)29-13-15-30-16-14-29;/h7-9,18H,4-6,10-17,19-20H2,1-3H3,(H2,25,26,27);1H. The van der Waals surface area contributed by atoms with Crippen molar-refractivity contribution in [1.29, 1.82) is 0 Å². The van der Waals surface area contributed by atoms with Crippen LogP contribution in [-0.2, 0) is 11.3 Å². The highest BCUT2D eigenvalue weighted by atomic mass is 127. The maximum absolute atomic E-state index is 5.87. The highest BCUT2D eigenvalue weighted by molar-refractivity contribution is 14.0. The highest BCUT2D eigenvalue weighted by Crippen LogP contribution is 2.33. The van der Waals surface area contributed by atoms with Gasteiger partial charge in [0.25, 0.3) is 0 Å². The number of benzene rings is 1. The molecule has 182 valence electrons. The second kappa shape index (κ2) is 14.2. The first-order valence-electron chi connectivity index (χ1n) is 11.8. The average Bonchev–Trinajstić information content (AvgIpc) is 2.80. The van der Waals surface area contributed by atoms with Crippen molar-refractivity contribution < 1.29 is 9.47 Å². The molecule has 0 spiro atoms. The van der Waals surface area contributed by atoms with Gasteiger partial charge >= 0.3 is 0 Å². The Bertz CT molecular complexity index is 689. The monoisotopic (exact) mass is 559 g/mol. The molecule has 0 atom stereocenters. The smallest absolute Gasteiger partial charge is 0.191 e. The zero-order valence-corrected chi connectivity index (χ0v) is 22.4. The molecule has 0 bridgehead atoms. The van der Waals surface area contributed by atoms with E-state index in [1.807, 2.05) is 19.2 Å². The van der Waals surface area contributed by atoms with Crippen LogP contribution in [0.3, 0.4) is 0 Å². The number of halogens is 1. The number of ether oxygens (including phenoxy) is 2. The first-order valence-corrected chi connectivity index (χ1v) is 11.8. The van der Waals surface area contributed by atoms with E-state index in [0.29, 0.717) is 6.61 Å². The molecule has 2 fully saturated rings. The minimum Gasteiger partial charge on any atom is -0.492 e. The Hall–Kier alpha value is -1.10. The van der Waals surface area contributed by atoms with Crippen LogP contribution < -0.4 is 15.4 Å². The molecule has 1 saturated carbocycles. The number of likely N-dealkylation sites (N-methyl/N-ethyl adjacent to an activating group) is 1. The summed E-state index contributed by atoms with van der Waals surface area (Å²) in [4.78, 5) is 9.25. The first kappa shape index (κ1) is 27.1.